The highest BCUT2D eigenvalue weighted by Crippen LogP contribution is 2.38. The van der Waals surface area contributed by atoms with Crippen LogP contribution in [0.3, 0.4) is 0 Å². The summed E-state index contributed by atoms with van der Waals surface area (Å²) in [4.78, 5) is 1.07. The highest BCUT2D eigenvalue weighted by molar-refractivity contribution is 7.80. The van der Waals surface area contributed by atoms with Crippen LogP contribution < -0.4 is 5.32 Å². The zero-order valence-electron chi connectivity index (χ0n) is 5.98. The topological polar surface area (TPSA) is 12.0 Å². The summed E-state index contributed by atoms with van der Waals surface area (Å²) < 4.78 is 0. The van der Waals surface area contributed by atoms with E-state index in [4.69, 9.17) is 12.2 Å². The Kier molecular flexibility index (Phi) is 2.06. The molecule has 0 aromatic carbocycles. The Balaban J connectivity index is 2.20. The molecule has 0 spiro atoms. The second-order valence-electron chi connectivity index (χ2n) is 2.71. The molecule has 0 radical (unpaired) electrons. The zero-order chi connectivity index (χ0) is 6.85. The van der Waals surface area contributed by atoms with Crippen molar-refractivity contribution in [2.75, 3.05) is 6.54 Å². The van der Waals surface area contributed by atoms with Crippen LogP contribution in [0.5, 0.6) is 0 Å². The van der Waals surface area contributed by atoms with E-state index in [0.717, 1.165) is 17.5 Å². The smallest absolute Gasteiger partial charge is 0.0787 e. The Morgan fingerprint density at radius 1 is 1.78 bits per heavy atom. The molecule has 9 heavy (non-hydrogen) atoms. The van der Waals surface area contributed by atoms with Crippen LogP contribution in [0.4, 0.5) is 0 Å². The molecule has 0 aliphatic heterocycles. The van der Waals surface area contributed by atoms with Crippen molar-refractivity contribution in [1.29, 1.82) is 0 Å². The first-order valence-corrected chi connectivity index (χ1v) is 3.94. The van der Waals surface area contributed by atoms with Crippen molar-refractivity contribution >= 4 is 17.2 Å². The third kappa shape index (κ3) is 1.65. The van der Waals surface area contributed by atoms with Gasteiger partial charge in [-0.3, -0.25) is 0 Å². The molecule has 0 saturated heterocycles. The fraction of sp³-hybridized carbons (Fsp3) is 0.857. The zero-order valence-corrected chi connectivity index (χ0v) is 6.79. The van der Waals surface area contributed by atoms with Gasteiger partial charge in [-0.2, -0.15) is 0 Å². The van der Waals surface area contributed by atoms with Crippen LogP contribution in [0.2, 0.25) is 0 Å². The van der Waals surface area contributed by atoms with E-state index in [9.17, 15) is 0 Å². The molecule has 1 nitrogen and oxygen atoms in total. The number of hydrogen-bond acceptors (Lipinski definition) is 1. The molecule has 1 fully saturated rings. The van der Waals surface area contributed by atoms with E-state index in [1.54, 1.807) is 0 Å². The van der Waals surface area contributed by atoms with Crippen LogP contribution in [0.15, 0.2) is 0 Å². The summed E-state index contributed by atoms with van der Waals surface area (Å²) in [7, 11) is 0. The van der Waals surface area contributed by atoms with E-state index in [0.29, 0.717) is 5.92 Å². The van der Waals surface area contributed by atoms with Gasteiger partial charge in [0.25, 0.3) is 0 Å². The first-order chi connectivity index (χ1) is 4.25. The molecule has 1 aliphatic carbocycles. The van der Waals surface area contributed by atoms with Crippen molar-refractivity contribution in [2.45, 2.75) is 20.3 Å². The fourth-order valence-corrected chi connectivity index (χ4v) is 1.47. The van der Waals surface area contributed by atoms with Gasteiger partial charge in [0.05, 0.1) is 4.99 Å². The SMILES string of the molecule is CCNC(=S)C1CC1C. The Hall–Kier alpha value is -0.110. The van der Waals surface area contributed by atoms with Crippen molar-refractivity contribution in [1.82, 2.24) is 5.32 Å². The van der Waals surface area contributed by atoms with Gasteiger partial charge in [-0.05, 0) is 19.3 Å². The van der Waals surface area contributed by atoms with Crippen molar-refractivity contribution in [3.05, 3.63) is 0 Å². The van der Waals surface area contributed by atoms with Gasteiger partial charge in [-0.25, -0.2) is 0 Å². The molecule has 0 heterocycles. The molecule has 2 atom stereocenters. The predicted octanol–water partition coefficient (Wildman–Crippen LogP) is 1.58. The van der Waals surface area contributed by atoms with E-state index in [1.807, 2.05) is 0 Å². The summed E-state index contributed by atoms with van der Waals surface area (Å²) in [6.45, 7) is 5.30. The van der Waals surface area contributed by atoms with E-state index < -0.39 is 0 Å². The number of nitrogens with one attached hydrogen (secondary N) is 1. The van der Waals surface area contributed by atoms with Crippen LogP contribution in [0.25, 0.3) is 0 Å². The molecular formula is C7H13NS. The standard InChI is InChI=1S/C7H13NS/c1-3-8-7(9)6-4-5(6)2/h5-6H,3-4H2,1-2H3,(H,8,9). The van der Waals surface area contributed by atoms with Crippen LogP contribution in [0.1, 0.15) is 20.3 Å². The van der Waals surface area contributed by atoms with E-state index in [-0.39, 0.29) is 0 Å². The summed E-state index contributed by atoms with van der Waals surface area (Å²) >= 11 is 5.11. The summed E-state index contributed by atoms with van der Waals surface area (Å²) in [6.07, 6.45) is 1.30. The predicted molar refractivity (Wildman–Crippen MR) is 43.5 cm³/mol. The van der Waals surface area contributed by atoms with Crippen LogP contribution in [-0.4, -0.2) is 11.5 Å². The lowest BCUT2D eigenvalue weighted by Crippen LogP contribution is -2.22. The Labute approximate surface area is 61.8 Å². The van der Waals surface area contributed by atoms with Gasteiger partial charge in [0, 0.05) is 12.5 Å². The van der Waals surface area contributed by atoms with E-state index in [2.05, 4.69) is 19.2 Å². The van der Waals surface area contributed by atoms with E-state index in [1.165, 1.54) is 6.42 Å². The lowest BCUT2D eigenvalue weighted by Gasteiger charge is -2.01. The first kappa shape index (κ1) is 7.00. The third-order valence-corrected chi connectivity index (χ3v) is 2.24. The Bertz CT molecular complexity index is 122. The van der Waals surface area contributed by atoms with E-state index >= 15 is 0 Å². The third-order valence-electron chi connectivity index (χ3n) is 1.80. The second kappa shape index (κ2) is 2.65. The van der Waals surface area contributed by atoms with Crippen LogP contribution >= 0.6 is 12.2 Å². The van der Waals surface area contributed by atoms with Gasteiger partial charge in [0.1, 0.15) is 0 Å². The molecule has 52 valence electrons. The molecule has 1 rings (SSSR count). The molecular weight excluding hydrogens is 130 g/mol. The molecule has 1 aliphatic rings. The molecule has 0 bridgehead atoms. The molecule has 2 unspecified atom stereocenters. The van der Waals surface area contributed by atoms with Crippen molar-refractivity contribution in [3.8, 4) is 0 Å². The maximum Gasteiger partial charge on any atom is 0.0787 e. The van der Waals surface area contributed by atoms with Crippen molar-refractivity contribution in [3.63, 3.8) is 0 Å². The summed E-state index contributed by atoms with van der Waals surface area (Å²) in [6, 6.07) is 0. The van der Waals surface area contributed by atoms with Gasteiger partial charge in [-0.1, -0.05) is 19.1 Å². The lowest BCUT2D eigenvalue weighted by atomic mass is 10.3. The average Bonchev–Trinajstić information content (AvgIpc) is 2.47. The molecule has 1 saturated carbocycles. The normalized spacial score (nSPS) is 31.8. The van der Waals surface area contributed by atoms with Gasteiger partial charge < -0.3 is 5.32 Å². The second-order valence-corrected chi connectivity index (χ2v) is 3.15. The molecule has 0 aromatic heterocycles. The van der Waals surface area contributed by atoms with Gasteiger partial charge in [0.15, 0.2) is 0 Å². The van der Waals surface area contributed by atoms with Crippen molar-refractivity contribution in [2.24, 2.45) is 11.8 Å². The van der Waals surface area contributed by atoms with Crippen molar-refractivity contribution < 1.29 is 0 Å². The molecule has 0 amide bonds. The summed E-state index contributed by atoms with van der Waals surface area (Å²) in [5.41, 5.74) is 0. The lowest BCUT2D eigenvalue weighted by molar-refractivity contribution is 0.878. The quantitative estimate of drug-likeness (QED) is 0.589. The number of rotatable bonds is 2. The number of thiocarbonyl (C=S) groups is 1. The first-order valence-electron chi connectivity index (χ1n) is 3.53. The Morgan fingerprint density at radius 3 is 2.67 bits per heavy atom. The maximum atomic E-state index is 5.11. The highest BCUT2D eigenvalue weighted by Gasteiger charge is 2.35. The monoisotopic (exact) mass is 143 g/mol. The fourth-order valence-electron chi connectivity index (χ4n) is 0.993. The molecule has 1 N–H and O–H groups in total. The van der Waals surface area contributed by atoms with Gasteiger partial charge in [-0.15, -0.1) is 0 Å². The van der Waals surface area contributed by atoms with Gasteiger partial charge in [0.2, 0.25) is 0 Å². The minimum Gasteiger partial charge on any atom is -0.380 e. The Morgan fingerprint density at radius 2 is 2.33 bits per heavy atom. The summed E-state index contributed by atoms with van der Waals surface area (Å²) in [5.74, 6) is 1.55. The summed E-state index contributed by atoms with van der Waals surface area (Å²) in [5, 5.41) is 3.17. The number of hydrogen-bond donors (Lipinski definition) is 1. The van der Waals surface area contributed by atoms with Gasteiger partial charge >= 0.3 is 0 Å². The van der Waals surface area contributed by atoms with Crippen LogP contribution in [0, 0.1) is 11.8 Å². The largest absolute Gasteiger partial charge is 0.380 e. The maximum absolute atomic E-state index is 5.11. The molecule has 2 heteroatoms. The average molecular weight is 143 g/mol. The minimum atomic E-state index is 0.708. The molecule has 0 aromatic rings. The minimum absolute atomic E-state index is 0.708. The highest BCUT2D eigenvalue weighted by atomic mass is 32.1. The van der Waals surface area contributed by atoms with Crippen LogP contribution in [-0.2, 0) is 0 Å².